The number of halogens is 2. The van der Waals surface area contributed by atoms with Gasteiger partial charge in [-0.25, -0.2) is 18.6 Å². The molecule has 1 saturated carbocycles. The van der Waals surface area contributed by atoms with Crippen molar-refractivity contribution in [1.82, 2.24) is 9.55 Å². The van der Waals surface area contributed by atoms with Crippen LogP contribution in [0.2, 0.25) is 0 Å². The van der Waals surface area contributed by atoms with E-state index in [9.17, 15) is 18.4 Å². The Hall–Kier alpha value is -3.37. The number of nitrogens with two attached hydrogens (primary N) is 1. The molecule has 0 spiro atoms. The number of amides is 2. The highest BCUT2D eigenvalue weighted by atomic mass is 19.3. The summed E-state index contributed by atoms with van der Waals surface area (Å²) in [4.78, 5) is 28.4. The lowest BCUT2D eigenvalue weighted by Crippen LogP contribution is -2.36. The molecule has 1 fully saturated rings. The SMILES string of the molecule is COC(=O)N(c1cn2c(n1)-c1ccc(NCC(N)=O)cc1OCC2)C1CC1(F)F. The summed E-state index contributed by atoms with van der Waals surface area (Å²) in [5.41, 5.74) is 6.41. The topological polar surface area (TPSA) is 112 Å². The Morgan fingerprint density at radius 2 is 2.24 bits per heavy atom. The minimum Gasteiger partial charge on any atom is -0.491 e. The van der Waals surface area contributed by atoms with Crippen molar-refractivity contribution in [2.75, 3.05) is 30.5 Å². The molecular weight excluding hydrogens is 388 g/mol. The molecule has 2 heterocycles. The van der Waals surface area contributed by atoms with Gasteiger partial charge in [0.15, 0.2) is 5.82 Å². The number of hydrogen-bond acceptors (Lipinski definition) is 6. The maximum Gasteiger partial charge on any atom is 0.415 e. The summed E-state index contributed by atoms with van der Waals surface area (Å²) in [5, 5.41) is 2.88. The average Bonchev–Trinajstić information content (AvgIpc) is 3.16. The first-order valence-electron chi connectivity index (χ1n) is 8.92. The molecule has 2 aliphatic rings. The number of primary amides is 1. The van der Waals surface area contributed by atoms with E-state index < -0.39 is 30.4 Å². The molecule has 11 heteroatoms. The van der Waals surface area contributed by atoms with E-state index in [1.807, 2.05) is 0 Å². The number of anilines is 2. The van der Waals surface area contributed by atoms with Crippen molar-refractivity contribution in [3.8, 4) is 17.1 Å². The number of carbonyl (C=O) groups excluding carboxylic acids is 2. The molecule has 1 aromatic carbocycles. The molecule has 1 aromatic heterocycles. The van der Waals surface area contributed by atoms with Crippen LogP contribution >= 0.6 is 0 Å². The number of rotatable bonds is 5. The predicted octanol–water partition coefficient (Wildman–Crippen LogP) is 1.82. The van der Waals surface area contributed by atoms with Crippen LogP contribution in [-0.2, 0) is 16.1 Å². The van der Waals surface area contributed by atoms with E-state index in [2.05, 4.69) is 15.0 Å². The maximum atomic E-state index is 13.6. The third-order valence-corrected chi connectivity index (χ3v) is 4.77. The summed E-state index contributed by atoms with van der Waals surface area (Å²) < 4.78 is 39.5. The van der Waals surface area contributed by atoms with Crippen LogP contribution in [0, 0.1) is 0 Å². The van der Waals surface area contributed by atoms with Crippen molar-refractivity contribution in [1.29, 1.82) is 0 Å². The number of carbonyl (C=O) groups is 2. The van der Waals surface area contributed by atoms with Gasteiger partial charge in [-0.15, -0.1) is 0 Å². The number of imidazole rings is 1. The van der Waals surface area contributed by atoms with Crippen LogP contribution in [0.1, 0.15) is 6.42 Å². The third-order valence-electron chi connectivity index (χ3n) is 4.77. The number of aromatic nitrogens is 2. The molecule has 1 atom stereocenters. The van der Waals surface area contributed by atoms with Crippen LogP contribution in [-0.4, -0.2) is 53.8 Å². The molecule has 1 aliphatic carbocycles. The molecule has 0 radical (unpaired) electrons. The Bertz CT molecular complexity index is 977. The van der Waals surface area contributed by atoms with Gasteiger partial charge in [0.05, 0.1) is 25.8 Å². The standard InChI is InChI=1S/C18H19F2N5O4/c1-28-17(27)25(13-7-18(13,19)20)15-9-24-4-5-29-12-6-10(22-8-14(21)26)2-3-11(12)16(24)23-15/h2-3,6,9,13,22H,4-5,7-8H2,1H3,(H2,21,26). The van der Waals surface area contributed by atoms with Crippen LogP contribution in [0.3, 0.4) is 0 Å². The van der Waals surface area contributed by atoms with Crippen molar-refractivity contribution in [3.63, 3.8) is 0 Å². The number of nitrogens with one attached hydrogen (secondary N) is 1. The van der Waals surface area contributed by atoms with Gasteiger partial charge in [-0.2, -0.15) is 0 Å². The molecule has 4 rings (SSSR count). The smallest absolute Gasteiger partial charge is 0.415 e. The van der Waals surface area contributed by atoms with E-state index >= 15 is 0 Å². The van der Waals surface area contributed by atoms with E-state index in [1.54, 1.807) is 29.0 Å². The third kappa shape index (κ3) is 3.55. The molecule has 0 bridgehead atoms. The van der Waals surface area contributed by atoms with Crippen molar-refractivity contribution >= 4 is 23.5 Å². The summed E-state index contributed by atoms with van der Waals surface area (Å²) in [7, 11) is 1.14. The average molecular weight is 407 g/mol. The van der Waals surface area contributed by atoms with Crippen molar-refractivity contribution in [2.45, 2.75) is 24.9 Å². The molecular formula is C18H19F2N5O4. The van der Waals surface area contributed by atoms with Gasteiger partial charge in [0.1, 0.15) is 24.2 Å². The second kappa shape index (κ2) is 6.90. The van der Waals surface area contributed by atoms with E-state index in [4.69, 9.17) is 10.5 Å². The highest BCUT2D eigenvalue weighted by Crippen LogP contribution is 2.47. The van der Waals surface area contributed by atoms with E-state index in [0.29, 0.717) is 36.0 Å². The van der Waals surface area contributed by atoms with Crippen LogP contribution in [0.15, 0.2) is 24.4 Å². The number of alkyl halides is 2. The first-order chi connectivity index (χ1) is 13.8. The number of fused-ring (bicyclic) bond motifs is 3. The zero-order valence-corrected chi connectivity index (χ0v) is 15.5. The Kier molecular flexibility index (Phi) is 4.52. The molecule has 9 nitrogen and oxygen atoms in total. The van der Waals surface area contributed by atoms with Gasteiger partial charge in [0, 0.05) is 24.4 Å². The molecule has 3 N–H and O–H groups in total. The maximum absolute atomic E-state index is 13.6. The second-order valence-electron chi connectivity index (χ2n) is 6.82. The lowest BCUT2D eigenvalue weighted by molar-refractivity contribution is -0.116. The van der Waals surface area contributed by atoms with Crippen LogP contribution in [0.4, 0.5) is 25.1 Å². The number of ether oxygens (including phenoxy) is 2. The molecule has 29 heavy (non-hydrogen) atoms. The van der Waals surface area contributed by atoms with Gasteiger partial charge in [0.2, 0.25) is 5.91 Å². The first-order valence-corrected chi connectivity index (χ1v) is 8.92. The Morgan fingerprint density at radius 1 is 1.48 bits per heavy atom. The van der Waals surface area contributed by atoms with Crippen LogP contribution in [0.5, 0.6) is 5.75 Å². The summed E-state index contributed by atoms with van der Waals surface area (Å²) in [5.74, 6) is -2.38. The lowest BCUT2D eigenvalue weighted by atomic mass is 10.1. The van der Waals surface area contributed by atoms with Crippen LogP contribution < -0.4 is 20.7 Å². The Labute approximate surface area is 164 Å². The van der Waals surface area contributed by atoms with Gasteiger partial charge in [0.25, 0.3) is 5.92 Å². The summed E-state index contributed by atoms with van der Waals surface area (Å²) in [6, 6.07) is 3.89. The van der Waals surface area contributed by atoms with Gasteiger partial charge >= 0.3 is 6.09 Å². The monoisotopic (exact) mass is 407 g/mol. The second-order valence-corrected chi connectivity index (χ2v) is 6.82. The largest absolute Gasteiger partial charge is 0.491 e. The minimum atomic E-state index is -2.96. The summed E-state index contributed by atoms with van der Waals surface area (Å²) in [6.45, 7) is 0.700. The van der Waals surface area contributed by atoms with E-state index in [0.717, 1.165) is 12.0 Å². The Balaban J connectivity index is 1.69. The molecule has 1 aliphatic heterocycles. The normalized spacial score (nSPS) is 18.5. The number of benzene rings is 1. The van der Waals surface area contributed by atoms with Crippen molar-refractivity contribution in [3.05, 3.63) is 24.4 Å². The summed E-state index contributed by atoms with van der Waals surface area (Å²) >= 11 is 0. The number of nitrogens with zero attached hydrogens (tertiary/aromatic N) is 3. The number of methoxy groups -OCH3 is 1. The highest BCUT2D eigenvalue weighted by molar-refractivity contribution is 5.89. The van der Waals surface area contributed by atoms with Crippen molar-refractivity contribution < 1.29 is 27.8 Å². The predicted molar refractivity (Wildman–Crippen MR) is 99.1 cm³/mol. The van der Waals surface area contributed by atoms with Gasteiger partial charge < -0.3 is 25.1 Å². The summed E-state index contributed by atoms with van der Waals surface area (Å²) in [6.07, 6.45) is 0.222. The van der Waals surface area contributed by atoms with Crippen LogP contribution in [0.25, 0.3) is 11.4 Å². The fourth-order valence-electron chi connectivity index (χ4n) is 3.24. The Morgan fingerprint density at radius 3 is 2.90 bits per heavy atom. The molecule has 2 amide bonds. The quantitative estimate of drug-likeness (QED) is 0.782. The molecule has 1 unspecified atom stereocenters. The molecule has 2 aromatic rings. The van der Waals surface area contributed by atoms with Gasteiger partial charge in [-0.05, 0) is 12.1 Å². The van der Waals surface area contributed by atoms with E-state index in [1.165, 1.54) is 0 Å². The lowest BCUT2D eigenvalue weighted by Gasteiger charge is -2.18. The fraction of sp³-hybridized carbons (Fsp3) is 0.389. The zero-order chi connectivity index (χ0) is 20.8. The highest BCUT2D eigenvalue weighted by Gasteiger charge is 2.62. The van der Waals surface area contributed by atoms with Gasteiger partial charge in [-0.1, -0.05) is 0 Å². The minimum absolute atomic E-state index is 0.0265. The fourth-order valence-corrected chi connectivity index (χ4v) is 3.24. The zero-order valence-electron chi connectivity index (χ0n) is 15.5. The van der Waals surface area contributed by atoms with Gasteiger partial charge in [-0.3, -0.25) is 9.69 Å². The van der Waals surface area contributed by atoms with Crippen molar-refractivity contribution in [2.24, 2.45) is 5.73 Å². The van der Waals surface area contributed by atoms with E-state index in [-0.39, 0.29) is 12.4 Å². The molecule has 0 saturated heterocycles. The first kappa shape index (κ1) is 19.0. The number of hydrogen-bond donors (Lipinski definition) is 2. The molecule has 154 valence electrons.